The molecule has 3 aromatic heterocycles. The number of amides is 5. The van der Waals surface area contributed by atoms with Gasteiger partial charge in [-0.25, -0.2) is 28.2 Å². The van der Waals surface area contributed by atoms with Gasteiger partial charge >= 0.3 is 6.09 Å². The van der Waals surface area contributed by atoms with Crippen molar-refractivity contribution < 1.29 is 60.9 Å². The molecule has 1 aliphatic heterocycles. The zero-order chi connectivity index (χ0) is 64.8. The van der Waals surface area contributed by atoms with Gasteiger partial charge in [-0.05, 0) is 135 Å². The summed E-state index contributed by atoms with van der Waals surface area (Å²) in [5, 5.41) is 16.3. The van der Waals surface area contributed by atoms with Crippen molar-refractivity contribution in [3.8, 4) is 22.9 Å². The summed E-state index contributed by atoms with van der Waals surface area (Å²) in [6, 6.07) is 22.6. The predicted molar refractivity (Wildman–Crippen MR) is 338 cm³/mol. The van der Waals surface area contributed by atoms with E-state index in [4.69, 9.17) is 28.1 Å². The van der Waals surface area contributed by atoms with E-state index >= 15 is 0 Å². The second-order valence-electron chi connectivity index (χ2n) is 25.5. The highest BCUT2D eigenvalue weighted by Gasteiger charge is 2.43. The number of rotatable bonds is 29. The van der Waals surface area contributed by atoms with Crippen LogP contribution in [0.3, 0.4) is 0 Å². The Kier molecular flexibility index (Phi) is 22.8. The smallest absolute Gasteiger partial charge is 0.416 e. The van der Waals surface area contributed by atoms with Crippen LogP contribution in [-0.2, 0) is 59.3 Å². The van der Waals surface area contributed by atoms with Crippen LogP contribution in [0.15, 0.2) is 102 Å². The molecule has 3 aliphatic rings. The second-order valence-corrected chi connectivity index (χ2v) is 25.5. The number of halogens is 2. The molecule has 3 aromatic carbocycles. The molecule has 1 saturated carbocycles. The Bertz CT molecular complexity index is 3450. The van der Waals surface area contributed by atoms with Gasteiger partial charge in [0.2, 0.25) is 23.6 Å². The number of carbonyl (C=O) groups is 5. The third kappa shape index (κ3) is 18.5. The van der Waals surface area contributed by atoms with Crippen molar-refractivity contribution in [1.82, 2.24) is 40.6 Å². The lowest BCUT2D eigenvalue weighted by atomic mass is 9.83. The van der Waals surface area contributed by atoms with Crippen molar-refractivity contribution in [2.24, 2.45) is 17.3 Å². The van der Waals surface area contributed by atoms with Gasteiger partial charge < -0.3 is 54.3 Å². The minimum Gasteiger partial charge on any atom is -0.491 e. The van der Waals surface area contributed by atoms with E-state index in [1.807, 2.05) is 77.1 Å². The largest absolute Gasteiger partial charge is 0.491 e. The average molecular weight is 1260 g/mol. The number of benzene rings is 3. The zero-order valence-electron chi connectivity index (χ0n) is 53.4. The number of alkyl halides is 2. The first-order valence-corrected chi connectivity index (χ1v) is 31.5. The van der Waals surface area contributed by atoms with Crippen molar-refractivity contribution in [1.29, 1.82) is 0 Å². The molecule has 4 atom stereocenters. The molecular weight excluding hydrogens is 1170 g/mol. The van der Waals surface area contributed by atoms with Crippen LogP contribution in [0.4, 0.5) is 25.1 Å². The molecule has 23 heteroatoms. The van der Waals surface area contributed by atoms with Gasteiger partial charge in [-0.1, -0.05) is 77.1 Å². The van der Waals surface area contributed by atoms with Crippen molar-refractivity contribution in [3.63, 3.8) is 0 Å². The Balaban J connectivity index is 0.668. The topological polar surface area (TPSA) is 243 Å². The van der Waals surface area contributed by atoms with E-state index in [2.05, 4.69) is 48.5 Å². The molecule has 0 spiro atoms. The van der Waals surface area contributed by atoms with Gasteiger partial charge in [-0.3, -0.25) is 24.1 Å². The van der Waals surface area contributed by atoms with Crippen molar-refractivity contribution >= 4 is 41.2 Å². The van der Waals surface area contributed by atoms with Crippen molar-refractivity contribution in [2.45, 2.75) is 144 Å². The van der Waals surface area contributed by atoms with Gasteiger partial charge in [-0.2, -0.15) is 5.10 Å². The summed E-state index contributed by atoms with van der Waals surface area (Å²) in [4.78, 5) is 80.7. The number of ether oxygens (including phenoxy) is 5. The summed E-state index contributed by atoms with van der Waals surface area (Å²) in [5.41, 5.74) is 3.73. The molecule has 4 heterocycles. The minimum atomic E-state index is -2.99. The summed E-state index contributed by atoms with van der Waals surface area (Å²) >= 11 is 0. The first kappa shape index (κ1) is 67.3. The third-order valence-electron chi connectivity index (χ3n) is 16.2. The highest BCUT2D eigenvalue weighted by atomic mass is 19.3. The molecule has 0 unspecified atom stereocenters. The normalized spacial score (nSPS) is 16.3. The Morgan fingerprint density at radius 3 is 2.26 bits per heavy atom. The number of oxazole rings is 1. The van der Waals surface area contributed by atoms with Gasteiger partial charge in [0.05, 0.1) is 63.3 Å². The zero-order valence-corrected chi connectivity index (χ0v) is 53.4. The van der Waals surface area contributed by atoms with Gasteiger partial charge in [-0.15, -0.1) is 0 Å². The van der Waals surface area contributed by atoms with Crippen LogP contribution in [0.5, 0.6) is 5.75 Å². The predicted octanol–water partition coefficient (Wildman–Crippen LogP) is 10.5. The lowest BCUT2D eigenvalue weighted by Gasteiger charge is -2.42. The summed E-state index contributed by atoms with van der Waals surface area (Å²) in [6.07, 6.45) is 6.08. The van der Waals surface area contributed by atoms with E-state index in [1.165, 1.54) is 27.5 Å². The molecule has 91 heavy (non-hydrogen) atoms. The summed E-state index contributed by atoms with van der Waals surface area (Å²) < 4.78 is 64.4. The molecule has 1 fully saturated rings. The van der Waals surface area contributed by atoms with Gasteiger partial charge in [0.1, 0.15) is 42.1 Å². The van der Waals surface area contributed by atoms with E-state index in [0.717, 1.165) is 60.6 Å². The number of hydrogen-bond donors (Lipinski definition) is 4. The molecule has 2 aliphatic carbocycles. The number of aryl methyl sites for hydroxylation is 1. The van der Waals surface area contributed by atoms with Crippen LogP contribution >= 0.6 is 0 Å². The number of nitrogens with zero attached hydrogens (tertiary/aromatic N) is 6. The highest BCUT2D eigenvalue weighted by Crippen LogP contribution is 2.36. The minimum absolute atomic E-state index is 0.0648. The first-order valence-electron chi connectivity index (χ1n) is 31.5. The molecular formula is C68H86F2N10O11. The number of fused-ring (bicyclic) bond motifs is 2. The number of nitrogens with one attached hydrogen (secondary N) is 4. The van der Waals surface area contributed by atoms with Crippen LogP contribution in [0.2, 0.25) is 0 Å². The SMILES string of the molecule is CC[C@@H](C)C(=O)N[C@H](C(=O)N1Cc2cc(OCCOCCOCCOCCNCc3ccc(-n4cc(NC(=O)c5coc(-c6ccnc(N(CC7CC7)C(=O)OC(C)(C)C)c6)n5)c(C(F)F)n4)cc3)ccc2C[C@H]1C(=O)N[C@@H]1CCCc2ccccc21)C(C)(C)C. The molecule has 6 aromatic rings. The van der Waals surface area contributed by atoms with Crippen LogP contribution in [-0.4, -0.2) is 131 Å². The molecule has 0 saturated heterocycles. The summed E-state index contributed by atoms with van der Waals surface area (Å²) in [5.74, 6) is -0.423. The van der Waals surface area contributed by atoms with Gasteiger partial charge in [0.25, 0.3) is 12.3 Å². The Labute approximate surface area is 530 Å². The van der Waals surface area contributed by atoms with Crippen LogP contribution in [0.1, 0.15) is 144 Å². The quantitative estimate of drug-likeness (QED) is 0.0319. The number of aromatic nitrogens is 4. The Hall–Kier alpha value is -8.12. The van der Waals surface area contributed by atoms with E-state index in [0.29, 0.717) is 101 Å². The first-order chi connectivity index (χ1) is 43.6. The maximum atomic E-state index is 14.7. The van der Waals surface area contributed by atoms with Crippen LogP contribution in [0.25, 0.3) is 17.1 Å². The van der Waals surface area contributed by atoms with Gasteiger partial charge in [0.15, 0.2) is 11.4 Å². The molecule has 9 rings (SSSR count). The lowest BCUT2D eigenvalue weighted by molar-refractivity contribution is -0.147. The number of anilines is 2. The van der Waals surface area contributed by atoms with E-state index in [1.54, 1.807) is 49.9 Å². The van der Waals surface area contributed by atoms with E-state index < -0.39 is 47.2 Å². The van der Waals surface area contributed by atoms with E-state index in [-0.39, 0.29) is 60.1 Å². The van der Waals surface area contributed by atoms with Gasteiger partial charge in [0, 0.05) is 50.3 Å². The number of pyridine rings is 1. The monoisotopic (exact) mass is 1260 g/mol. The maximum absolute atomic E-state index is 14.7. The average Bonchev–Trinajstić information content (AvgIpc) is 1.46. The summed E-state index contributed by atoms with van der Waals surface area (Å²) in [6.45, 7) is 19.2. The summed E-state index contributed by atoms with van der Waals surface area (Å²) in [7, 11) is 0. The molecule has 21 nitrogen and oxygen atoms in total. The number of hydrogen-bond acceptors (Lipinski definition) is 15. The highest BCUT2D eigenvalue weighted by molar-refractivity contribution is 6.03. The maximum Gasteiger partial charge on any atom is 0.416 e. The molecule has 0 bridgehead atoms. The standard InChI is InChI=1S/C68H86F2N10O11/c1-9-43(2)61(81)76-59(67(3,4)5)65(84)78-40-49-35-51(24-21-47(49)36-56(78)63(83)73-53-16-12-14-46-13-10-11-15-52(46)53)89-34-33-88-32-31-87-30-29-86-28-27-71-38-44-19-22-50(23-20-44)80-41-54(58(77-80)60(69)70)74-62(82)55-42-90-64(75-55)48-25-26-72-57(37-48)79(39-45-17-18-45)66(85)91-68(6,7)8/h10-11,13,15,19-26,35,37,41-43,45,53,56,59-60,71H,9,12,14,16-18,27-34,36,38-40H2,1-8H3,(H,73,83)(H,74,82)(H,76,81)/t43-,53-,56+,59-/m1/s1. The van der Waals surface area contributed by atoms with Crippen LogP contribution in [0, 0.1) is 17.3 Å². The molecule has 488 valence electrons. The lowest BCUT2D eigenvalue weighted by Crippen LogP contribution is -2.61. The fourth-order valence-electron chi connectivity index (χ4n) is 10.8. The Morgan fingerprint density at radius 2 is 1.56 bits per heavy atom. The van der Waals surface area contributed by atoms with E-state index in [9.17, 15) is 32.8 Å². The molecule has 4 N–H and O–H groups in total. The fraction of sp³-hybridized carbons (Fsp3) is 0.500. The molecule has 0 radical (unpaired) electrons. The third-order valence-corrected chi connectivity index (χ3v) is 16.2. The number of carbonyl (C=O) groups excluding carboxylic acids is 5. The fourth-order valence-corrected chi connectivity index (χ4v) is 10.8. The van der Waals surface area contributed by atoms with Crippen molar-refractivity contribution in [2.75, 3.05) is 69.6 Å². The molecule has 5 amide bonds. The Morgan fingerprint density at radius 1 is 0.835 bits per heavy atom. The van der Waals surface area contributed by atoms with Crippen molar-refractivity contribution in [3.05, 3.63) is 137 Å². The van der Waals surface area contributed by atoms with Crippen LogP contribution < -0.4 is 30.9 Å². The second kappa shape index (κ2) is 30.8.